The molecule has 0 amide bonds. The van der Waals surface area contributed by atoms with Crippen molar-refractivity contribution in [1.82, 2.24) is 0 Å². The number of aryl methyl sites for hydroxylation is 1. The summed E-state index contributed by atoms with van der Waals surface area (Å²) in [5, 5.41) is 0. The van der Waals surface area contributed by atoms with Gasteiger partial charge in [-0.2, -0.15) is 8.78 Å². The summed E-state index contributed by atoms with van der Waals surface area (Å²) in [6.07, 6.45) is 0.351. The van der Waals surface area contributed by atoms with E-state index in [4.69, 9.17) is 4.55 Å². The lowest BCUT2D eigenvalue weighted by atomic mass is 10.2. The summed E-state index contributed by atoms with van der Waals surface area (Å²) >= 11 is -1.87. The maximum atomic E-state index is 11.9. The van der Waals surface area contributed by atoms with E-state index in [1.807, 2.05) is 0 Å². The molecule has 0 saturated heterocycles. The number of alkyl halides is 2. The Morgan fingerprint density at radius 3 is 2.80 bits per heavy atom. The summed E-state index contributed by atoms with van der Waals surface area (Å²) in [7, 11) is 0. The van der Waals surface area contributed by atoms with Crippen LogP contribution in [0.15, 0.2) is 24.3 Å². The van der Waals surface area contributed by atoms with Crippen LogP contribution in [0, 0.1) is 0 Å². The fourth-order valence-corrected chi connectivity index (χ4v) is 1.49. The molecule has 3 nitrogen and oxygen atoms in total. The van der Waals surface area contributed by atoms with Crippen molar-refractivity contribution < 1.29 is 22.3 Å². The Hall–Kier alpha value is -1.01. The van der Waals surface area contributed by atoms with Crippen molar-refractivity contribution in [2.24, 2.45) is 0 Å². The molecule has 0 aliphatic heterocycles. The molecule has 0 bridgehead atoms. The highest BCUT2D eigenvalue weighted by atomic mass is 32.2. The molecule has 1 aromatic rings. The van der Waals surface area contributed by atoms with Crippen LogP contribution in [0.4, 0.5) is 8.78 Å². The number of benzene rings is 1. The fourth-order valence-electron chi connectivity index (χ4n) is 1.08. The van der Waals surface area contributed by atoms with Crippen LogP contribution in [0.3, 0.4) is 0 Å². The van der Waals surface area contributed by atoms with Crippen LogP contribution in [-0.2, 0) is 17.5 Å². The van der Waals surface area contributed by atoms with E-state index < -0.39 is 17.7 Å². The zero-order valence-corrected chi connectivity index (χ0v) is 8.55. The molecule has 0 spiro atoms. The molecule has 0 saturated carbocycles. The predicted molar refractivity (Wildman–Crippen MR) is 52.4 cm³/mol. The molecule has 6 heteroatoms. The number of hydrogen-bond donors (Lipinski definition) is 1. The van der Waals surface area contributed by atoms with Crippen molar-refractivity contribution in [3.05, 3.63) is 29.8 Å². The highest BCUT2D eigenvalue weighted by Gasteiger charge is 2.04. The molecule has 1 aromatic carbocycles. The molecular weight excluding hydrogens is 226 g/mol. The minimum atomic E-state index is -2.85. The van der Waals surface area contributed by atoms with Crippen molar-refractivity contribution >= 4 is 11.1 Å². The quantitative estimate of drug-likeness (QED) is 0.796. The van der Waals surface area contributed by atoms with Gasteiger partial charge < -0.3 is 9.29 Å². The third-order valence-corrected chi connectivity index (χ3v) is 2.24. The largest absolute Gasteiger partial charge is 0.435 e. The van der Waals surface area contributed by atoms with Gasteiger partial charge in [-0.15, -0.1) is 0 Å². The molecule has 0 radical (unpaired) electrons. The van der Waals surface area contributed by atoms with Gasteiger partial charge in [-0.25, -0.2) is 4.21 Å². The van der Waals surface area contributed by atoms with Crippen LogP contribution in [-0.4, -0.2) is 21.1 Å². The average Bonchev–Trinajstić information content (AvgIpc) is 2.14. The molecule has 1 atom stereocenters. The molecule has 1 N–H and O–H groups in total. The molecule has 15 heavy (non-hydrogen) atoms. The van der Waals surface area contributed by atoms with Gasteiger partial charge in [0.1, 0.15) is 5.75 Å². The lowest BCUT2D eigenvalue weighted by molar-refractivity contribution is -0.0498. The smallest absolute Gasteiger partial charge is 0.387 e. The van der Waals surface area contributed by atoms with Crippen molar-refractivity contribution in [3.63, 3.8) is 0 Å². The number of hydrogen-bond acceptors (Lipinski definition) is 2. The average molecular weight is 236 g/mol. The zero-order chi connectivity index (χ0) is 11.3. The second-order valence-corrected chi connectivity index (χ2v) is 3.85. The van der Waals surface area contributed by atoms with E-state index in [9.17, 15) is 13.0 Å². The Morgan fingerprint density at radius 1 is 1.47 bits per heavy atom. The van der Waals surface area contributed by atoms with Crippen LogP contribution in [0.2, 0.25) is 0 Å². The van der Waals surface area contributed by atoms with E-state index in [0.29, 0.717) is 12.0 Å². The first-order chi connectivity index (χ1) is 7.08. The molecule has 84 valence electrons. The van der Waals surface area contributed by atoms with Gasteiger partial charge in [-0.05, 0) is 24.1 Å². The van der Waals surface area contributed by atoms with Gasteiger partial charge in [0.15, 0.2) is 11.1 Å². The van der Waals surface area contributed by atoms with Crippen molar-refractivity contribution in [2.45, 2.75) is 13.0 Å². The minimum absolute atomic E-state index is 0.0613. The number of rotatable bonds is 5. The van der Waals surface area contributed by atoms with Crippen LogP contribution >= 0.6 is 0 Å². The van der Waals surface area contributed by atoms with E-state index in [0.717, 1.165) is 0 Å². The third-order valence-electron chi connectivity index (χ3n) is 1.69. The minimum Gasteiger partial charge on any atom is -0.435 e. The summed E-state index contributed by atoms with van der Waals surface area (Å²) < 4.78 is 46.8. The normalized spacial score (nSPS) is 12.8. The first-order valence-electron chi connectivity index (χ1n) is 4.19. The van der Waals surface area contributed by atoms with E-state index >= 15 is 0 Å². The Bertz CT molecular complexity index is 344. The van der Waals surface area contributed by atoms with Crippen molar-refractivity contribution in [1.29, 1.82) is 0 Å². The lowest BCUT2D eigenvalue weighted by Crippen LogP contribution is -2.03. The molecule has 0 aliphatic rings. The monoisotopic (exact) mass is 236 g/mol. The molecular formula is C9H10F2O3S. The van der Waals surface area contributed by atoms with Gasteiger partial charge in [0.25, 0.3) is 0 Å². The van der Waals surface area contributed by atoms with Crippen LogP contribution in [0.1, 0.15) is 5.56 Å². The van der Waals surface area contributed by atoms with Gasteiger partial charge in [-0.1, -0.05) is 12.1 Å². The maximum absolute atomic E-state index is 11.9. The van der Waals surface area contributed by atoms with Crippen LogP contribution in [0.5, 0.6) is 5.75 Å². The summed E-state index contributed by atoms with van der Waals surface area (Å²) in [5.41, 5.74) is 0.690. The summed E-state index contributed by atoms with van der Waals surface area (Å²) in [6, 6.07) is 6.09. The van der Waals surface area contributed by atoms with Crippen LogP contribution < -0.4 is 4.74 Å². The Labute approximate surface area is 88.3 Å². The Morgan fingerprint density at radius 2 is 2.20 bits per heavy atom. The Kier molecular flexibility index (Phi) is 4.64. The van der Waals surface area contributed by atoms with Crippen LogP contribution in [0.25, 0.3) is 0 Å². The van der Waals surface area contributed by atoms with Crippen molar-refractivity contribution in [3.8, 4) is 5.75 Å². The maximum Gasteiger partial charge on any atom is 0.387 e. The first-order valence-corrected chi connectivity index (χ1v) is 5.46. The first kappa shape index (κ1) is 12.1. The topological polar surface area (TPSA) is 46.5 Å². The Balaban J connectivity index is 2.61. The summed E-state index contributed by atoms with van der Waals surface area (Å²) in [6.45, 7) is -2.85. The van der Waals surface area contributed by atoms with E-state index in [1.165, 1.54) is 12.1 Å². The van der Waals surface area contributed by atoms with E-state index in [2.05, 4.69) is 4.74 Å². The molecule has 1 unspecified atom stereocenters. The van der Waals surface area contributed by atoms with Gasteiger partial charge in [0, 0.05) is 0 Å². The second kappa shape index (κ2) is 5.77. The summed E-state index contributed by atoms with van der Waals surface area (Å²) in [5.74, 6) is 0.143. The van der Waals surface area contributed by atoms with Gasteiger partial charge in [0.05, 0.1) is 5.75 Å². The van der Waals surface area contributed by atoms with E-state index in [1.54, 1.807) is 12.1 Å². The zero-order valence-electron chi connectivity index (χ0n) is 7.73. The molecule has 0 fully saturated rings. The van der Waals surface area contributed by atoms with Gasteiger partial charge >= 0.3 is 6.61 Å². The molecule has 0 aromatic heterocycles. The molecule has 1 rings (SSSR count). The number of halogens is 2. The second-order valence-electron chi connectivity index (χ2n) is 2.80. The highest BCUT2D eigenvalue weighted by molar-refractivity contribution is 7.79. The molecule has 0 heterocycles. The third kappa shape index (κ3) is 4.85. The van der Waals surface area contributed by atoms with E-state index in [-0.39, 0.29) is 11.5 Å². The SMILES string of the molecule is O=S(O)CCc1cccc(OC(F)F)c1. The van der Waals surface area contributed by atoms with Gasteiger partial charge in [0.2, 0.25) is 0 Å². The standard InChI is InChI=1S/C9H10F2O3S/c10-9(11)14-8-3-1-2-7(6-8)4-5-15(12)13/h1-3,6,9H,4-5H2,(H,12,13). The van der Waals surface area contributed by atoms with Crippen molar-refractivity contribution in [2.75, 3.05) is 5.75 Å². The molecule has 0 aliphatic carbocycles. The number of ether oxygens (including phenoxy) is 1. The fraction of sp³-hybridized carbons (Fsp3) is 0.333. The lowest BCUT2D eigenvalue weighted by Gasteiger charge is -2.05. The van der Waals surface area contributed by atoms with Gasteiger partial charge in [-0.3, -0.25) is 0 Å². The highest BCUT2D eigenvalue weighted by Crippen LogP contribution is 2.16. The predicted octanol–water partition coefficient (Wildman–Crippen LogP) is 2.05. The summed E-state index contributed by atoms with van der Waals surface area (Å²) in [4.78, 5) is 0.